The summed E-state index contributed by atoms with van der Waals surface area (Å²) in [6.45, 7) is -0.908. The molecule has 0 spiro atoms. The first-order valence-electron chi connectivity index (χ1n) is 8.78. The van der Waals surface area contributed by atoms with Gasteiger partial charge in [0.05, 0.1) is 29.2 Å². The number of hydrogen-bond acceptors (Lipinski definition) is 5. The summed E-state index contributed by atoms with van der Waals surface area (Å²) in [4.78, 5) is 22.9. The van der Waals surface area contributed by atoms with Crippen molar-refractivity contribution in [1.29, 1.82) is 0 Å². The monoisotopic (exact) mass is 444 g/mol. The lowest BCUT2D eigenvalue weighted by molar-refractivity contribution is -0.142. The lowest BCUT2D eigenvalue weighted by Gasteiger charge is -2.28. The zero-order valence-electron chi connectivity index (χ0n) is 15.4. The predicted octanol–water partition coefficient (Wildman–Crippen LogP) is 4.55. The van der Waals surface area contributed by atoms with Gasteiger partial charge in [0.15, 0.2) is 5.78 Å². The van der Waals surface area contributed by atoms with E-state index in [0.717, 1.165) is 12.1 Å². The topological polar surface area (TPSA) is 82.1 Å². The van der Waals surface area contributed by atoms with Crippen LogP contribution in [0.25, 0.3) is 0 Å². The third kappa shape index (κ3) is 5.03. The van der Waals surface area contributed by atoms with Gasteiger partial charge in [0.25, 0.3) is 0 Å². The zero-order chi connectivity index (χ0) is 21.9. The molecule has 1 unspecified atom stereocenters. The molecule has 2 aromatic rings. The molecule has 1 aliphatic rings. The summed E-state index contributed by atoms with van der Waals surface area (Å²) in [5.41, 5.74) is -0.399. The molecule has 0 fully saturated rings. The van der Waals surface area contributed by atoms with Gasteiger partial charge in [-0.05, 0) is 24.3 Å². The molecule has 10 heteroatoms. The van der Waals surface area contributed by atoms with E-state index in [-0.39, 0.29) is 47.5 Å². The third-order valence-electron chi connectivity index (χ3n) is 4.30. The summed E-state index contributed by atoms with van der Waals surface area (Å²) in [7, 11) is 0. The Morgan fingerprint density at radius 3 is 2.70 bits per heavy atom. The Morgan fingerprint density at radius 1 is 1.23 bits per heavy atom. The van der Waals surface area contributed by atoms with E-state index in [2.05, 4.69) is 0 Å². The summed E-state index contributed by atoms with van der Waals surface area (Å²) in [6, 6.07) is 7.58. The number of benzene rings is 2. The van der Waals surface area contributed by atoms with Crippen molar-refractivity contribution < 1.29 is 42.1 Å². The van der Waals surface area contributed by atoms with Gasteiger partial charge in [0, 0.05) is 5.56 Å². The summed E-state index contributed by atoms with van der Waals surface area (Å²) in [6.07, 6.45) is -5.61. The van der Waals surface area contributed by atoms with Crippen molar-refractivity contribution in [2.24, 2.45) is 0 Å². The number of carbonyl (C=O) groups is 2. The number of para-hydroxylation sites is 1. The van der Waals surface area contributed by atoms with E-state index in [9.17, 15) is 22.8 Å². The Hall–Kier alpha value is -2.78. The van der Waals surface area contributed by atoms with Crippen molar-refractivity contribution in [1.82, 2.24) is 0 Å². The summed E-state index contributed by atoms with van der Waals surface area (Å²) in [5, 5.41) is 8.76. The fraction of sp³-hybridized carbons (Fsp3) is 0.300. The van der Waals surface area contributed by atoms with Gasteiger partial charge in [-0.25, -0.2) is 4.79 Å². The van der Waals surface area contributed by atoms with Crippen molar-refractivity contribution >= 4 is 23.4 Å². The van der Waals surface area contributed by atoms with E-state index in [1.807, 2.05) is 0 Å². The third-order valence-corrected chi connectivity index (χ3v) is 4.59. The van der Waals surface area contributed by atoms with E-state index in [1.165, 1.54) is 6.07 Å². The van der Waals surface area contributed by atoms with E-state index in [4.69, 9.17) is 30.9 Å². The number of alkyl halides is 3. The first-order valence-corrected chi connectivity index (χ1v) is 9.16. The highest BCUT2D eigenvalue weighted by Gasteiger charge is 2.34. The number of Topliss-reactive ketones (excluding diaryl/α,β-unsaturated/α-hetero) is 1. The lowest BCUT2D eigenvalue weighted by Crippen LogP contribution is -2.22. The van der Waals surface area contributed by atoms with Crippen LogP contribution >= 0.6 is 11.6 Å². The van der Waals surface area contributed by atoms with Gasteiger partial charge in [-0.3, -0.25) is 4.79 Å². The van der Waals surface area contributed by atoms with Crippen molar-refractivity contribution in [3.8, 4) is 11.5 Å². The number of rotatable bonds is 7. The summed E-state index contributed by atoms with van der Waals surface area (Å²) < 4.78 is 55.5. The van der Waals surface area contributed by atoms with Gasteiger partial charge >= 0.3 is 12.1 Å². The standard InChI is InChI=1S/C20H16ClF3O6/c21-14-3-1-2-12-15(25)9-17(30-19(12)14)13-5-4-11(20(22,23)24)8-16(13)29-7-6-28-10-18(26)27/h1-5,8,17H,6-7,9-10H2,(H,26,27). The number of aliphatic carboxylic acids is 1. The van der Waals surface area contributed by atoms with Crippen molar-refractivity contribution in [2.75, 3.05) is 19.8 Å². The SMILES string of the molecule is O=C(O)COCCOc1cc(C(F)(F)F)ccc1C1CC(=O)c2cccc(Cl)c2O1. The summed E-state index contributed by atoms with van der Waals surface area (Å²) >= 11 is 6.11. The van der Waals surface area contributed by atoms with Crippen LogP contribution in [0.1, 0.15) is 34.0 Å². The molecule has 0 bridgehead atoms. The maximum Gasteiger partial charge on any atom is 0.416 e. The number of carboxylic acids is 1. The number of carboxylic acid groups (broad SMARTS) is 1. The first kappa shape index (κ1) is 21.9. The molecule has 0 saturated carbocycles. The number of halogens is 4. The maximum absolute atomic E-state index is 13.1. The van der Waals surface area contributed by atoms with Crippen molar-refractivity contribution in [3.05, 3.63) is 58.1 Å². The minimum atomic E-state index is -4.60. The van der Waals surface area contributed by atoms with E-state index >= 15 is 0 Å². The fourth-order valence-electron chi connectivity index (χ4n) is 2.96. The fourth-order valence-corrected chi connectivity index (χ4v) is 3.17. The normalized spacial score (nSPS) is 16.0. The highest BCUT2D eigenvalue weighted by Crippen LogP contribution is 2.43. The predicted molar refractivity (Wildman–Crippen MR) is 99.2 cm³/mol. The number of fused-ring (bicyclic) bond motifs is 1. The van der Waals surface area contributed by atoms with Gasteiger partial charge in [-0.2, -0.15) is 13.2 Å². The second kappa shape index (κ2) is 8.93. The van der Waals surface area contributed by atoms with E-state index in [1.54, 1.807) is 18.2 Å². The number of carbonyl (C=O) groups excluding carboxylic acids is 1. The van der Waals surface area contributed by atoms with E-state index in [0.29, 0.717) is 5.56 Å². The number of hydrogen-bond donors (Lipinski definition) is 1. The van der Waals surface area contributed by atoms with Crippen LogP contribution in [0.5, 0.6) is 11.5 Å². The molecule has 0 amide bonds. The Bertz CT molecular complexity index is 960. The van der Waals surface area contributed by atoms with Crippen molar-refractivity contribution in [3.63, 3.8) is 0 Å². The van der Waals surface area contributed by atoms with Crippen LogP contribution in [0, 0.1) is 0 Å². The zero-order valence-corrected chi connectivity index (χ0v) is 16.1. The smallest absolute Gasteiger partial charge is 0.416 e. The highest BCUT2D eigenvalue weighted by atomic mass is 35.5. The maximum atomic E-state index is 13.1. The Kier molecular flexibility index (Phi) is 6.52. The van der Waals surface area contributed by atoms with Crippen LogP contribution in [0.2, 0.25) is 5.02 Å². The molecule has 0 aromatic heterocycles. The Labute approximate surface area is 174 Å². The van der Waals surface area contributed by atoms with Crippen LogP contribution in [-0.2, 0) is 15.7 Å². The molecule has 1 atom stereocenters. The molecule has 0 aliphatic carbocycles. The van der Waals surface area contributed by atoms with E-state index < -0.39 is 30.4 Å². The molecule has 3 rings (SSSR count). The van der Waals surface area contributed by atoms with Gasteiger partial charge in [-0.1, -0.05) is 23.7 Å². The van der Waals surface area contributed by atoms with Gasteiger partial charge < -0.3 is 19.3 Å². The Balaban J connectivity index is 1.87. The minimum absolute atomic E-state index is 0.107. The van der Waals surface area contributed by atoms with Gasteiger partial charge in [0.2, 0.25) is 0 Å². The molecule has 1 N–H and O–H groups in total. The first-order chi connectivity index (χ1) is 14.2. The highest BCUT2D eigenvalue weighted by molar-refractivity contribution is 6.32. The quantitative estimate of drug-likeness (QED) is 0.631. The van der Waals surface area contributed by atoms with Crippen molar-refractivity contribution in [2.45, 2.75) is 18.7 Å². The molecule has 6 nitrogen and oxygen atoms in total. The molecule has 30 heavy (non-hydrogen) atoms. The molecule has 1 aliphatic heterocycles. The van der Waals surface area contributed by atoms with Crippen LogP contribution in [-0.4, -0.2) is 36.7 Å². The molecular weight excluding hydrogens is 429 g/mol. The largest absolute Gasteiger partial charge is 0.491 e. The molecular formula is C20H16ClF3O6. The second-order valence-electron chi connectivity index (χ2n) is 6.40. The Morgan fingerprint density at radius 2 is 2.00 bits per heavy atom. The molecule has 2 aromatic carbocycles. The average molecular weight is 445 g/mol. The minimum Gasteiger partial charge on any atom is -0.491 e. The second-order valence-corrected chi connectivity index (χ2v) is 6.80. The lowest BCUT2D eigenvalue weighted by atomic mass is 9.95. The van der Waals surface area contributed by atoms with Crippen LogP contribution < -0.4 is 9.47 Å². The summed E-state index contributed by atoms with van der Waals surface area (Å²) in [5.74, 6) is -1.42. The van der Waals surface area contributed by atoms with Crippen LogP contribution in [0.4, 0.5) is 13.2 Å². The van der Waals surface area contributed by atoms with Gasteiger partial charge in [0.1, 0.15) is 30.8 Å². The van der Waals surface area contributed by atoms with Crippen LogP contribution in [0.15, 0.2) is 36.4 Å². The average Bonchev–Trinajstić information content (AvgIpc) is 2.67. The number of ketones is 1. The number of ether oxygens (including phenoxy) is 3. The molecule has 0 radical (unpaired) electrons. The molecule has 0 saturated heterocycles. The van der Waals surface area contributed by atoms with Crippen LogP contribution in [0.3, 0.4) is 0 Å². The molecule has 1 heterocycles. The molecule has 160 valence electrons. The van der Waals surface area contributed by atoms with Gasteiger partial charge in [-0.15, -0.1) is 0 Å².